The van der Waals surface area contributed by atoms with Gasteiger partial charge >= 0.3 is 0 Å². The molecule has 0 aliphatic heterocycles. The number of aromatic nitrogens is 1. The van der Waals surface area contributed by atoms with Gasteiger partial charge in [-0.2, -0.15) is 5.10 Å². The number of pyridine rings is 1. The van der Waals surface area contributed by atoms with E-state index in [-0.39, 0.29) is 11.4 Å². The minimum absolute atomic E-state index is 0.133. The maximum atomic E-state index is 11.8. The lowest BCUT2D eigenvalue weighted by Gasteiger charge is -2.04. The van der Waals surface area contributed by atoms with Crippen molar-refractivity contribution in [3.8, 4) is 5.75 Å². The number of nitrogens with one attached hydrogen (secondary N) is 1. The molecule has 3 rings (SSSR count). The first-order chi connectivity index (χ1) is 10.8. The van der Waals surface area contributed by atoms with E-state index >= 15 is 0 Å². The number of amides is 1. The molecule has 0 aliphatic rings. The van der Waals surface area contributed by atoms with Crippen molar-refractivity contribution in [2.24, 2.45) is 5.10 Å². The second-order valence-corrected chi connectivity index (χ2v) is 4.64. The summed E-state index contributed by atoms with van der Waals surface area (Å²) in [5.41, 5.74) is 3.19. The molecule has 0 fully saturated rings. The van der Waals surface area contributed by atoms with Crippen LogP contribution in [0.1, 0.15) is 16.1 Å². The van der Waals surface area contributed by atoms with Gasteiger partial charge in [0, 0.05) is 17.1 Å². The Morgan fingerprint density at radius 1 is 1.09 bits per heavy atom. The predicted molar refractivity (Wildman–Crippen MR) is 84.9 cm³/mol. The number of carbonyl (C=O) groups is 1. The van der Waals surface area contributed by atoms with Gasteiger partial charge in [-0.15, -0.1) is 0 Å². The fourth-order valence-electron chi connectivity index (χ4n) is 2.09. The molecule has 0 saturated carbocycles. The smallest absolute Gasteiger partial charge is 0.289 e. The van der Waals surface area contributed by atoms with Crippen molar-refractivity contribution in [2.75, 3.05) is 0 Å². The minimum atomic E-state index is -0.405. The Morgan fingerprint density at radius 3 is 2.73 bits per heavy atom. The van der Waals surface area contributed by atoms with Crippen molar-refractivity contribution in [1.82, 2.24) is 10.4 Å². The molecule has 0 spiro atoms. The third kappa shape index (κ3) is 2.78. The van der Waals surface area contributed by atoms with Crippen LogP contribution in [-0.4, -0.2) is 22.2 Å². The first-order valence-corrected chi connectivity index (χ1v) is 6.71. The summed E-state index contributed by atoms with van der Waals surface area (Å²) in [6.45, 7) is 0. The zero-order chi connectivity index (χ0) is 15.4. The van der Waals surface area contributed by atoms with Crippen molar-refractivity contribution < 1.29 is 9.90 Å². The van der Waals surface area contributed by atoms with Crippen LogP contribution in [0.15, 0.2) is 65.9 Å². The van der Waals surface area contributed by atoms with Crippen LogP contribution in [0.2, 0.25) is 0 Å². The number of aromatic hydroxyl groups is 1. The number of phenols is 1. The van der Waals surface area contributed by atoms with Gasteiger partial charge in [-0.25, -0.2) is 5.43 Å². The Hall–Kier alpha value is -3.21. The first-order valence-electron chi connectivity index (χ1n) is 6.71. The monoisotopic (exact) mass is 291 g/mol. The molecule has 2 aromatic carbocycles. The van der Waals surface area contributed by atoms with Crippen molar-refractivity contribution >= 4 is 22.9 Å². The molecule has 5 heteroatoms. The Balaban J connectivity index is 1.78. The molecule has 1 aromatic heterocycles. The van der Waals surface area contributed by atoms with Crippen molar-refractivity contribution in [1.29, 1.82) is 0 Å². The summed E-state index contributed by atoms with van der Waals surface area (Å²) in [5.74, 6) is -0.272. The summed E-state index contributed by atoms with van der Waals surface area (Å²) in [5, 5.41) is 15.8. The molecule has 0 saturated heterocycles. The highest BCUT2D eigenvalue weighted by Gasteiger charge is 2.06. The lowest BCUT2D eigenvalue weighted by molar-refractivity contribution is 0.0950. The summed E-state index contributed by atoms with van der Waals surface area (Å²) in [6.07, 6.45) is 2.94. The average Bonchev–Trinajstić information content (AvgIpc) is 2.58. The van der Waals surface area contributed by atoms with Gasteiger partial charge in [0.1, 0.15) is 11.4 Å². The van der Waals surface area contributed by atoms with Crippen LogP contribution in [0, 0.1) is 0 Å². The molecule has 2 N–H and O–H groups in total. The van der Waals surface area contributed by atoms with Gasteiger partial charge in [-0.1, -0.05) is 36.4 Å². The zero-order valence-electron chi connectivity index (χ0n) is 11.6. The minimum Gasteiger partial charge on any atom is -0.507 e. The average molecular weight is 291 g/mol. The van der Waals surface area contributed by atoms with E-state index in [2.05, 4.69) is 15.5 Å². The number of phenolic OH excluding ortho intramolecular Hbond substituents is 1. The molecule has 0 aliphatic carbocycles. The van der Waals surface area contributed by atoms with Crippen LogP contribution in [0.3, 0.4) is 0 Å². The molecule has 3 aromatic rings. The van der Waals surface area contributed by atoms with Gasteiger partial charge in [-0.05, 0) is 23.6 Å². The van der Waals surface area contributed by atoms with E-state index in [4.69, 9.17) is 0 Å². The molecule has 0 bridgehead atoms. The summed E-state index contributed by atoms with van der Waals surface area (Å²) >= 11 is 0. The normalized spacial score (nSPS) is 10.9. The van der Waals surface area contributed by atoms with E-state index < -0.39 is 5.91 Å². The molecular weight excluding hydrogens is 278 g/mol. The van der Waals surface area contributed by atoms with E-state index in [1.54, 1.807) is 24.3 Å². The summed E-state index contributed by atoms with van der Waals surface area (Å²) < 4.78 is 0. The van der Waals surface area contributed by atoms with Crippen molar-refractivity contribution in [2.45, 2.75) is 0 Å². The number of nitrogens with zero attached hydrogens (tertiary/aromatic N) is 2. The highest BCUT2D eigenvalue weighted by atomic mass is 16.3. The van der Waals surface area contributed by atoms with Crippen LogP contribution in [0.4, 0.5) is 0 Å². The van der Waals surface area contributed by atoms with Crippen molar-refractivity contribution in [3.05, 3.63) is 72.1 Å². The zero-order valence-corrected chi connectivity index (χ0v) is 11.6. The van der Waals surface area contributed by atoms with E-state index in [0.29, 0.717) is 5.56 Å². The SMILES string of the molecule is O=C(N/N=C/c1ccc2ccccc2c1O)c1ccccn1. The van der Waals surface area contributed by atoms with E-state index in [1.165, 1.54) is 12.4 Å². The van der Waals surface area contributed by atoms with Crippen LogP contribution in [-0.2, 0) is 0 Å². The standard InChI is InChI=1S/C17H13N3O2/c21-16-13(9-8-12-5-1-2-6-14(12)16)11-19-20-17(22)15-7-3-4-10-18-15/h1-11,21H,(H,20,22)/b19-11+. The molecular formula is C17H13N3O2. The molecule has 0 atom stereocenters. The van der Waals surface area contributed by atoms with Crippen LogP contribution in [0.5, 0.6) is 5.75 Å². The molecule has 0 unspecified atom stereocenters. The van der Waals surface area contributed by atoms with Crippen molar-refractivity contribution in [3.63, 3.8) is 0 Å². The number of fused-ring (bicyclic) bond motifs is 1. The number of hydrazone groups is 1. The van der Waals surface area contributed by atoms with Gasteiger partial charge in [0.25, 0.3) is 5.91 Å². The van der Waals surface area contributed by atoms with Gasteiger partial charge in [0.15, 0.2) is 0 Å². The van der Waals surface area contributed by atoms with E-state index in [9.17, 15) is 9.90 Å². The van der Waals surface area contributed by atoms with Crippen LogP contribution in [0.25, 0.3) is 10.8 Å². The van der Waals surface area contributed by atoms with E-state index in [0.717, 1.165) is 10.8 Å². The number of carbonyl (C=O) groups excluding carboxylic acids is 1. The Bertz CT molecular complexity index is 845. The third-order valence-corrected chi connectivity index (χ3v) is 3.20. The molecule has 1 amide bonds. The molecule has 1 heterocycles. The number of hydrogen-bond acceptors (Lipinski definition) is 4. The van der Waals surface area contributed by atoms with Gasteiger partial charge in [0.05, 0.1) is 6.21 Å². The first kappa shape index (κ1) is 13.8. The van der Waals surface area contributed by atoms with Crippen LogP contribution < -0.4 is 5.43 Å². The molecule has 22 heavy (non-hydrogen) atoms. The number of rotatable bonds is 3. The highest BCUT2D eigenvalue weighted by Crippen LogP contribution is 2.27. The summed E-state index contributed by atoms with van der Waals surface area (Å²) in [4.78, 5) is 15.7. The number of hydrogen-bond donors (Lipinski definition) is 2. The third-order valence-electron chi connectivity index (χ3n) is 3.20. The maximum Gasteiger partial charge on any atom is 0.289 e. The van der Waals surface area contributed by atoms with Gasteiger partial charge in [0.2, 0.25) is 0 Å². The fraction of sp³-hybridized carbons (Fsp3) is 0. The predicted octanol–water partition coefficient (Wildman–Crippen LogP) is 2.70. The highest BCUT2D eigenvalue weighted by molar-refractivity contribution is 5.98. The van der Waals surface area contributed by atoms with Crippen LogP contribution >= 0.6 is 0 Å². The molecule has 108 valence electrons. The Labute approximate surface area is 126 Å². The number of benzene rings is 2. The molecule has 0 radical (unpaired) electrons. The lowest BCUT2D eigenvalue weighted by Crippen LogP contribution is -2.18. The molecule has 5 nitrogen and oxygen atoms in total. The fourth-order valence-corrected chi connectivity index (χ4v) is 2.09. The van der Waals surface area contributed by atoms with Gasteiger partial charge in [-0.3, -0.25) is 9.78 Å². The Morgan fingerprint density at radius 2 is 1.91 bits per heavy atom. The summed E-state index contributed by atoms with van der Waals surface area (Å²) in [6, 6.07) is 16.2. The van der Waals surface area contributed by atoms with E-state index in [1.807, 2.05) is 30.3 Å². The Kier molecular flexibility index (Phi) is 3.78. The summed E-state index contributed by atoms with van der Waals surface area (Å²) in [7, 11) is 0. The second kappa shape index (κ2) is 6.05. The maximum absolute atomic E-state index is 11.8. The largest absolute Gasteiger partial charge is 0.507 e. The quantitative estimate of drug-likeness (QED) is 0.575. The van der Waals surface area contributed by atoms with Gasteiger partial charge < -0.3 is 5.11 Å². The lowest BCUT2D eigenvalue weighted by atomic mass is 10.1. The second-order valence-electron chi connectivity index (χ2n) is 4.64. The topological polar surface area (TPSA) is 74.6 Å².